The van der Waals surface area contributed by atoms with Gasteiger partial charge in [-0.05, 0) is 63.3 Å². The minimum atomic E-state index is -0.0799. The molecule has 27 heavy (non-hydrogen) atoms. The smallest absolute Gasteiger partial charge is 0.161 e. The van der Waals surface area contributed by atoms with Crippen LogP contribution in [-0.4, -0.2) is 57.1 Å². The number of rotatable bonds is 7. The van der Waals surface area contributed by atoms with E-state index in [4.69, 9.17) is 18.9 Å². The van der Waals surface area contributed by atoms with Crippen LogP contribution in [0.25, 0.3) is 0 Å². The fourth-order valence-corrected chi connectivity index (χ4v) is 4.27. The fourth-order valence-electron chi connectivity index (χ4n) is 4.27. The third kappa shape index (κ3) is 5.15. The van der Waals surface area contributed by atoms with Gasteiger partial charge in [0.05, 0.1) is 25.4 Å². The highest BCUT2D eigenvalue weighted by Crippen LogP contribution is 2.42. The second-order valence-electron chi connectivity index (χ2n) is 8.59. The van der Waals surface area contributed by atoms with Crippen molar-refractivity contribution in [1.29, 1.82) is 0 Å². The topological polar surface area (TPSA) is 40.2 Å². The molecule has 0 amide bonds. The number of hydrogen-bond donors (Lipinski definition) is 0. The zero-order valence-corrected chi connectivity index (χ0v) is 17.5. The maximum Gasteiger partial charge on any atom is 0.161 e. The van der Waals surface area contributed by atoms with Gasteiger partial charge in [0.25, 0.3) is 0 Å². The predicted octanol–water partition coefficient (Wildman–Crippen LogP) is 3.99. The summed E-state index contributed by atoms with van der Waals surface area (Å²) < 4.78 is 22.9. The van der Waals surface area contributed by atoms with E-state index in [2.05, 4.69) is 37.8 Å². The molecule has 2 unspecified atom stereocenters. The van der Waals surface area contributed by atoms with Crippen LogP contribution in [-0.2, 0) is 15.9 Å². The van der Waals surface area contributed by atoms with Crippen LogP contribution in [0.3, 0.4) is 0 Å². The lowest BCUT2D eigenvalue weighted by Gasteiger charge is -2.44. The van der Waals surface area contributed by atoms with Crippen molar-refractivity contribution in [1.82, 2.24) is 4.90 Å². The Labute approximate surface area is 163 Å². The van der Waals surface area contributed by atoms with E-state index in [-0.39, 0.29) is 5.60 Å². The number of nitrogens with zero attached hydrogens (tertiary/aromatic N) is 1. The van der Waals surface area contributed by atoms with Gasteiger partial charge in [-0.15, -0.1) is 0 Å². The molecule has 152 valence electrons. The summed E-state index contributed by atoms with van der Waals surface area (Å²) >= 11 is 0. The predicted molar refractivity (Wildman–Crippen MR) is 107 cm³/mol. The van der Waals surface area contributed by atoms with Crippen molar-refractivity contribution in [2.45, 2.75) is 64.2 Å². The molecule has 3 rings (SSSR count). The molecule has 0 radical (unpaired) electrons. The summed E-state index contributed by atoms with van der Waals surface area (Å²) in [5.74, 6) is 1.69. The average Bonchev–Trinajstić information content (AvgIpc) is 2.63. The lowest BCUT2D eigenvalue weighted by atomic mass is 9.85. The molecule has 2 atom stereocenters. The van der Waals surface area contributed by atoms with Gasteiger partial charge >= 0.3 is 0 Å². The quantitative estimate of drug-likeness (QED) is 0.672. The van der Waals surface area contributed by atoms with Crippen molar-refractivity contribution in [2.24, 2.45) is 0 Å². The molecule has 0 N–H and O–H groups in total. The van der Waals surface area contributed by atoms with E-state index < -0.39 is 0 Å². The van der Waals surface area contributed by atoms with E-state index in [1.165, 1.54) is 11.1 Å². The van der Waals surface area contributed by atoms with Gasteiger partial charge in [-0.3, -0.25) is 4.90 Å². The molecule has 2 aliphatic heterocycles. The van der Waals surface area contributed by atoms with Crippen LogP contribution in [0, 0.1) is 0 Å². The molecule has 0 aliphatic carbocycles. The Morgan fingerprint density at radius 2 is 1.89 bits per heavy atom. The van der Waals surface area contributed by atoms with Crippen molar-refractivity contribution in [3.05, 3.63) is 23.3 Å². The molecule has 1 aromatic rings. The van der Waals surface area contributed by atoms with Crippen molar-refractivity contribution >= 4 is 0 Å². The number of piperidine rings is 1. The maximum absolute atomic E-state index is 6.25. The van der Waals surface area contributed by atoms with Gasteiger partial charge in [-0.25, -0.2) is 0 Å². The van der Waals surface area contributed by atoms with E-state index >= 15 is 0 Å². The molecular weight excluding hydrogens is 342 g/mol. The van der Waals surface area contributed by atoms with Gasteiger partial charge in [-0.2, -0.15) is 0 Å². The lowest BCUT2D eigenvalue weighted by Crippen LogP contribution is -2.47. The molecule has 1 aromatic carbocycles. The van der Waals surface area contributed by atoms with Gasteiger partial charge < -0.3 is 18.9 Å². The fraction of sp³-hybridized carbons (Fsp3) is 0.727. The molecule has 0 spiro atoms. The first-order valence-corrected chi connectivity index (χ1v) is 10.2. The van der Waals surface area contributed by atoms with Gasteiger partial charge in [0.1, 0.15) is 0 Å². The SMILES string of the molecule is COCCCOc1cc2c(cc1OC)C1CCC(OC(C)(C)C)CN1CC2. The second kappa shape index (κ2) is 8.80. The number of benzene rings is 1. The molecule has 2 heterocycles. The molecule has 0 aromatic heterocycles. The molecule has 1 saturated heterocycles. The summed E-state index contributed by atoms with van der Waals surface area (Å²) in [6.45, 7) is 9.87. The maximum atomic E-state index is 6.25. The molecule has 5 nitrogen and oxygen atoms in total. The van der Waals surface area contributed by atoms with E-state index in [1.54, 1.807) is 14.2 Å². The van der Waals surface area contributed by atoms with Crippen LogP contribution < -0.4 is 9.47 Å². The zero-order valence-electron chi connectivity index (χ0n) is 17.5. The number of ether oxygens (including phenoxy) is 4. The Bertz CT molecular complexity index is 625. The summed E-state index contributed by atoms with van der Waals surface area (Å²) in [6, 6.07) is 4.85. The Hall–Kier alpha value is -1.30. The Morgan fingerprint density at radius 1 is 1.07 bits per heavy atom. The number of methoxy groups -OCH3 is 2. The van der Waals surface area contributed by atoms with Crippen molar-refractivity contribution in [3.63, 3.8) is 0 Å². The number of fused-ring (bicyclic) bond motifs is 3. The Kier molecular flexibility index (Phi) is 6.66. The van der Waals surface area contributed by atoms with Crippen LogP contribution in [0.5, 0.6) is 11.5 Å². The highest BCUT2D eigenvalue weighted by Gasteiger charge is 2.35. The third-order valence-corrected chi connectivity index (χ3v) is 5.36. The van der Waals surface area contributed by atoms with E-state index in [0.717, 1.165) is 50.3 Å². The van der Waals surface area contributed by atoms with E-state index in [0.29, 0.717) is 25.4 Å². The zero-order chi connectivity index (χ0) is 19.4. The van der Waals surface area contributed by atoms with E-state index in [1.807, 2.05) is 0 Å². The minimum Gasteiger partial charge on any atom is -0.493 e. The second-order valence-corrected chi connectivity index (χ2v) is 8.59. The van der Waals surface area contributed by atoms with Crippen molar-refractivity contribution in [3.8, 4) is 11.5 Å². The first-order chi connectivity index (χ1) is 12.9. The van der Waals surface area contributed by atoms with Crippen LogP contribution in [0.1, 0.15) is 57.2 Å². The van der Waals surface area contributed by atoms with Gasteiger partial charge in [-0.1, -0.05) is 0 Å². The molecule has 0 bridgehead atoms. The average molecular weight is 378 g/mol. The summed E-state index contributed by atoms with van der Waals surface area (Å²) in [6.07, 6.45) is 4.49. The Morgan fingerprint density at radius 3 is 2.59 bits per heavy atom. The summed E-state index contributed by atoms with van der Waals surface area (Å²) in [5, 5.41) is 0. The first kappa shape index (κ1) is 20.4. The summed E-state index contributed by atoms with van der Waals surface area (Å²) in [5.41, 5.74) is 2.72. The molecule has 2 aliphatic rings. The minimum absolute atomic E-state index is 0.0799. The molecule has 0 saturated carbocycles. The van der Waals surface area contributed by atoms with Gasteiger partial charge in [0.15, 0.2) is 11.5 Å². The van der Waals surface area contributed by atoms with Crippen LogP contribution in [0.4, 0.5) is 0 Å². The molecule has 5 heteroatoms. The van der Waals surface area contributed by atoms with Crippen LogP contribution in [0.2, 0.25) is 0 Å². The monoisotopic (exact) mass is 377 g/mol. The van der Waals surface area contributed by atoms with Crippen molar-refractivity contribution in [2.75, 3.05) is 40.5 Å². The summed E-state index contributed by atoms with van der Waals surface area (Å²) in [4.78, 5) is 2.58. The summed E-state index contributed by atoms with van der Waals surface area (Å²) in [7, 11) is 3.44. The highest BCUT2D eigenvalue weighted by atomic mass is 16.5. The highest BCUT2D eigenvalue weighted by molar-refractivity contribution is 5.49. The Balaban J connectivity index is 1.71. The normalized spacial score (nSPS) is 22.9. The van der Waals surface area contributed by atoms with Gasteiger partial charge in [0.2, 0.25) is 0 Å². The van der Waals surface area contributed by atoms with Crippen LogP contribution >= 0.6 is 0 Å². The standard InChI is InChI=1S/C22H35NO4/c1-22(2,3)27-17-7-8-19-18-14-20(25-5)21(26-12-6-11-24-4)13-16(18)9-10-23(19)15-17/h13-14,17,19H,6-12,15H2,1-5H3. The molecule has 1 fully saturated rings. The van der Waals surface area contributed by atoms with Crippen molar-refractivity contribution < 1.29 is 18.9 Å². The largest absolute Gasteiger partial charge is 0.493 e. The van der Waals surface area contributed by atoms with E-state index in [9.17, 15) is 0 Å². The number of hydrogen-bond acceptors (Lipinski definition) is 5. The lowest BCUT2D eigenvalue weighted by molar-refractivity contribution is -0.0971. The van der Waals surface area contributed by atoms with Gasteiger partial charge in [0, 0.05) is 39.3 Å². The first-order valence-electron chi connectivity index (χ1n) is 10.2. The molecular formula is C22H35NO4. The third-order valence-electron chi connectivity index (χ3n) is 5.36. The van der Waals surface area contributed by atoms with Crippen LogP contribution in [0.15, 0.2) is 12.1 Å².